The number of amides is 3. The van der Waals surface area contributed by atoms with Gasteiger partial charge < -0.3 is 20.1 Å². The van der Waals surface area contributed by atoms with E-state index in [4.69, 9.17) is 9.47 Å². The molecule has 2 N–H and O–H groups in total. The van der Waals surface area contributed by atoms with E-state index in [0.29, 0.717) is 12.0 Å². The molecule has 4 rings (SSSR count). The number of anilines is 1. The van der Waals surface area contributed by atoms with E-state index in [0.717, 1.165) is 10.8 Å². The first-order chi connectivity index (χ1) is 20.7. The second-order valence-electron chi connectivity index (χ2n) is 10.3. The molecule has 0 saturated heterocycles. The number of hydrogen-bond acceptors (Lipinski definition) is 8. The van der Waals surface area contributed by atoms with Crippen molar-refractivity contribution >= 4 is 50.0 Å². The summed E-state index contributed by atoms with van der Waals surface area (Å²) in [4.78, 5) is 52.1. The predicted octanol–water partition coefficient (Wildman–Crippen LogP) is 2.61. The molecule has 0 radical (unpaired) electrons. The third-order valence-electron chi connectivity index (χ3n) is 6.68. The predicted molar refractivity (Wildman–Crippen MR) is 152 cm³/mol. The maximum Gasteiger partial charge on any atom is 0.258 e. The van der Waals surface area contributed by atoms with Crippen LogP contribution in [-0.2, 0) is 29.2 Å². The Morgan fingerprint density at radius 2 is 1.75 bits per heavy atom. The summed E-state index contributed by atoms with van der Waals surface area (Å²) in [5.41, 5.74) is -1.24. The molecule has 3 amide bonds. The maximum atomic E-state index is 14.7. The van der Waals surface area contributed by atoms with Crippen LogP contribution in [0, 0.1) is 23.4 Å². The zero-order valence-corrected chi connectivity index (χ0v) is 24.5. The van der Waals surface area contributed by atoms with Gasteiger partial charge >= 0.3 is 0 Å². The molecule has 234 valence electrons. The van der Waals surface area contributed by atoms with E-state index < -0.39 is 100 Å². The molecule has 0 saturated carbocycles. The summed E-state index contributed by atoms with van der Waals surface area (Å²) in [5, 5.41) is 6.45. The van der Waals surface area contributed by atoms with Crippen molar-refractivity contribution < 1.29 is 50.2 Å². The summed E-state index contributed by atoms with van der Waals surface area (Å²) in [6.45, 7) is 1.64. The van der Waals surface area contributed by atoms with Gasteiger partial charge in [0.15, 0.2) is 29.8 Å². The first kappa shape index (κ1) is 32.3. The fourth-order valence-corrected chi connectivity index (χ4v) is 5.53. The van der Waals surface area contributed by atoms with E-state index in [-0.39, 0.29) is 10.4 Å². The quantitative estimate of drug-likeness (QED) is 0.359. The van der Waals surface area contributed by atoms with Crippen LogP contribution < -0.4 is 24.4 Å². The fraction of sp³-hybridized carbons (Fsp3) is 0.310. The van der Waals surface area contributed by atoms with Gasteiger partial charge in [-0.2, -0.15) is 4.39 Å². The summed E-state index contributed by atoms with van der Waals surface area (Å²) in [5.74, 6) is -10.7. The van der Waals surface area contributed by atoms with E-state index in [2.05, 4.69) is 10.6 Å². The molecule has 0 aliphatic carbocycles. The number of ether oxygens (including phenoxy) is 2. The summed E-state index contributed by atoms with van der Waals surface area (Å²) in [6.07, 6.45) is -0.505. The molecule has 0 bridgehead atoms. The number of nitrogens with zero attached hydrogens (tertiary/aromatic N) is 1. The number of carbonyl (C=O) groups excluding carboxylic acids is 4. The van der Waals surface area contributed by atoms with Crippen LogP contribution in [0.1, 0.15) is 20.3 Å². The molecule has 0 aromatic heterocycles. The van der Waals surface area contributed by atoms with Gasteiger partial charge in [-0.25, -0.2) is 21.5 Å². The Labute approximate surface area is 250 Å². The van der Waals surface area contributed by atoms with Gasteiger partial charge in [-0.15, -0.1) is 0 Å². The highest BCUT2D eigenvalue weighted by molar-refractivity contribution is 7.92. The third kappa shape index (κ3) is 6.93. The summed E-state index contributed by atoms with van der Waals surface area (Å²) < 4.78 is 78.7. The van der Waals surface area contributed by atoms with E-state index in [1.54, 1.807) is 26.0 Å². The van der Waals surface area contributed by atoms with Gasteiger partial charge in [0.25, 0.3) is 5.91 Å². The average molecular weight is 636 g/mol. The lowest BCUT2D eigenvalue weighted by Crippen LogP contribution is -2.55. The van der Waals surface area contributed by atoms with Crippen molar-refractivity contribution in [3.05, 3.63) is 66.0 Å². The van der Waals surface area contributed by atoms with Crippen molar-refractivity contribution in [2.24, 2.45) is 5.92 Å². The number of carbonyl (C=O) groups is 4. The second kappa shape index (κ2) is 12.9. The van der Waals surface area contributed by atoms with Crippen LogP contribution in [-0.4, -0.2) is 63.5 Å². The van der Waals surface area contributed by atoms with Gasteiger partial charge in [0, 0.05) is 11.5 Å². The summed E-state index contributed by atoms with van der Waals surface area (Å²) in [7, 11) is -4.67. The fourth-order valence-electron chi connectivity index (χ4n) is 4.58. The summed E-state index contributed by atoms with van der Waals surface area (Å²) in [6, 6.07) is 9.68. The molecular weight excluding hydrogens is 607 g/mol. The molecule has 0 spiro atoms. The van der Waals surface area contributed by atoms with Gasteiger partial charge in [-0.3, -0.25) is 19.2 Å². The number of halogens is 3. The Balaban J connectivity index is 1.52. The van der Waals surface area contributed by atoms with Crippen LogP contribution in [0.4, 0.5) is 18.9 Å². The minimum Gasteiger partial charge on any atom is -0.483 e. The van der Waals surface area contributed by atoms with Crippen molar-refractivity contribution in [1.29, 1.82) is 0 Å². The highest BCUT2D eigenvalue weighted by Gasteiger charge is 2.39. The SMILES string of the molecule is CC(C)[C@H](NC(=O)COc1cccc2ccccc12)C(=O)NC1CC(=O)N(S(C)(=O)=O)c2c(F)cc(F)c(F)c2OCC1=O. The Hall–Kier alpha value is -4.66. The lowest BCUT2D eigenvalue weighted by atomic mass is 10.0. The van der Waals surface area contributed by atoms with Crippen LogP contribution in [0.25, 0.3) is 10.8 Å². The smallest absolute Gasteiger partial charge is 0.258 e. The topological polar surface area (TPSA) is 148 Å². The molecule has 3 aromatic carbocycles. The molecule has 0 fully saturated rings. The molecule has 1 aliphatic heterocycles. The lowest BCUT2D eigenvalue weighted by molar-refractivity contribution is -0.134. The molecule has 1 heterocycles. The van der Waals surface area contributed by atoms with Crippen molar-refractivity contribution in [2.75, 3.05) is 23.8 Å². The number of ketones is 1. The molecule has 3 aromatic rings. The van der Waals surface area contributed by atoms with Crippen LogP contribution in [0.3, 0.4) is 0 Å². The Morgan fingerprint density at radius 3 is 2.43 bits per heavy atom. The minimum absolute atomic E-state index is 0.0296. The van der Waals surface area contributed by atoms with Gasteiger partial charge in [-0.1, -0.05) is 50.2 Å². The number of fused-ring (bicyclic) bond motifs is 2. The number of sulfonamides is 1. The molecule has 1 unspecified atom stereocenters. The number of Topliss-reactive ketones (excluding diaryl/α,β-unsaturated/α-hetero) is 1. The van der Waals surface area contributed by atoms with Crippen LogP contribution in [0.15, 0.2) is 48.5 Å². The molecule has 1 aliphatic rings. The Kier molecular flexibility index (Phi) is 9.47. The van der Waals surface area contributed by atoms with E-state index >= 15 is 0 Å². The highest BCUT2D eigenvalue weighted by atomic mass is 32.2. The molecule has 44 heavy (non-hydrogen) atoms. The zero-order chi connectivity index (χ0) is 32.3. The van der Waals surface area contributed by atoms with Crippen LogP contribution in [0.2, 0.25) is 0 Å². The monoisotopic (exact) mass is 635 g/mol. The standard InChI is InChI=1S/C29H28F3N3O8S/c1-15(2)26(34-23(37)14-42-22-10-6-8-16-7-4-5-9-17(16)22)29(39)33-20-12-24(38)35(44(3,40)41)27-19(31)11-18(30)25(32)28(27)43-13-21(20)36/h4-11,15,20,26H,12-14H2,1-3H3,(H,33,39)(H,34,37)/t20?,26-/m0/s1. The molecular formula is C29H28F3N3O8S. The molecule has 15 heteroatoms. The van der Waals surface area contributed by atoms with Crippen molar-refractivity contribution in [3.8, 4) is 11.5 Å². The van der Waals surface area contributed by atoms with Crippen LogP contribution in [0.5, 0.6) is 11.5 Å². The average Bonchev–Trinajstić information content (AvgIpc) is 3.00. The Bertz CT molecular complexity index is 1740. The van der Waals surface area contributed by atoms with E-state index in [1.807, 2.05) is 30.3 Å². The molecule has 11 nitrogen and oxygen atoms in total. The van der Waals surface area contributed by atoms with Gasteiger partial charge in [-0.05, 0) is 17.4 Å². The largest absolute Gasteiger partial charge is 0.483 e. The zero-order valence-electron chi connectivity index (χ0n) is 23.7. The number of nitrogens with one attached hydrogen (secondary N) is 2. The van der Waals surface area contributed by atoms with E-state index in [9.17, 15) is 40.8 Å². The van der Waals surface area contributed by atoms with Crippen molar-refractivity contribution in [1.82, 2.24) is 10.6 Å². The number of benzene rings is 3. The number of rotatable bonds is 8. The second-order valence-corrected chi connectivity index (χ2v) is 12.2. The van der Waals surface area contributed by atoms with Crippen molar-refractivity contribution in [3.63, 3.8) is 0 Å². The first-order valence-electron chi connectivity index (χ1n) is 13.3. The van der Waals surface area contributed by atoms with Gasteiger partial charge in [0.1, 0.15) is 24.1 Å². The van der Waals surface area contributed by atoms with Gasteiger partial charge in [0.2, 0.25) is 27.7 Å². The normalized spacial score (nSPS) is 16.3. The highest BCUT2D eigenvalue weighted by Crippen LogP contribution is 2.38. The minimum atomic E-state index is -4.67. The number of hydrogen-bond donors (Lipinski definition) is 2. The first-order valence-corrected chi connectivity index (χ1v) is 15.1. The third-order valence-corrected chi connectivity index (χ3v) is 7.73. The van der Waals surface area contributed by atoms with E-state index in [1.165, 1.54) is 0 Å². The molecule has 2 atom stereocenters. The van der Waals surface area contributed by atoms with Gasteiger partial charge in [0.05, 0.1) is 18.7 Å². The van der Waals surface area contributed by atoms with Crippen LogP contribution >= 0.6 is 0 Å². The van der Waals surface area contributed by atoms with Crippen molar-refractivity contribution in [2.45, 2.75) is 32.4 Å². The summed E-state index contributed by atoms with van der Waals surface area (Å²) >= 11 is 0. The maximum absolute atomic E-state index is 14.7. The lowest BCUT2D eigenvalue weighted by Gasteiger charge is -2.26. The Morgan fingerprint density at radius 1 is 1.07 bits per heavy atom.